The summed E-state index contributed by atoms with van der Waals surface area (Å²) in [7, 11) is 0. The van der Waals surface area contributed by atoms with Gasteiger partial charge in [-0.2, -0.15) is 0 Å². The first kappa shape index (κ1) is 19.0. The summed E-state index contributed by atoms with van der Waals surface area (Å²) in [4.78, 5) is 25.1. The molecule has 6 nitrogen and oxygen atoms in total. The van der Waals surface area contributed by atoms with Crippen molar-refractivity contribution in [3.8, 4) is 11.5 Å². The first-order valence-electron chi connectivity index (χ1n) is 10.7. The number of amides is 1. The van der Waals surface area contributed by atoms with Gasteiger partial charge in [-0.1, -0.05) is 36.4 Å². The van der Waals surface area contributed by atoms with Gasteiger partial charge in [-0.15, -0.1) is 0 Å². The predicted molar refractivity (Wildman–Crippen MR) is 109 cm³/mol. The van der Waals surface area contributed by atoms with Gasteiger partial charge in [0.2, 0.25) is 0 Å². The lowest BCUT2D eigenvalue weighted by molar-refractivity contribution is -0.158. The largest absolute Gasteiger partial charge is 0.480 e. The molecule has 1 aliphatic carbocycles. The smallest absolute Gasteiger partial charge is 0.347 e. The third-order valence-corrected chi connectivity index (χ3v) is 6.15. The van der Waals surface area contributed by atoms with Gasteiger partial charge in [-0.25, -0.2) is 4.79 Å². The zero-order chi connectivity index (χ0) is 20.5. The van der Waals surface area contributed by atoms with E-state index in [1.165, 1.54) is 0 Å². The Morgan fingerprint density at radius 2 is 1.37 bits per heavy atom. The van der Waals surface area contributed by atoms with Crippen molar-refractivity contribution in [3.05, 3.63) is 59.7 Å². The quantitative estimate of drug-likeness (QED) is 0.789. The summed E-state index contributed by atoms with van der Waals surface area (Å²) in [6.45, 7) is 0. The molecule has 0 spiro atoms. The average molecular weight is 407 g/mol. The number of nitrogens with one attached hydrogen (secondary N) is 1. The third kappa shape index (κ3) is 3.86. The third-order valence-electron chi connectivity index (χ3n) is 6.15. The minimum absolute atomic E-state index is 0.0660. The van der Waals surface area contributed by atoms with Gasteiger partial charge in [0.1, 0.15) is 17.6 Å². The Labute approximate surface area is 175 Å². The van der Waals surface area contributed by atoms with Crippen LogP contribution in [0.5, 0.6) is 11.5 Å². The van der Waals surface area contributed by atoms with Crippen LogP contribution in [-0.2, 0) is 27.2 Å². The summed E-state index contributed by atoms with van der Waals surface area (Å²) in [5.41, 5.74) is 2.12. The van der Waals surface area contributed by atoms with E-state index >= 15 is 0 Å². The maximum Gasteiger partial charge on any atom is 0.347 e. The van der Waals surface area contributed by atoms with Crippen LogP contribution >= 0.6 is 0 Å². The SMILES string of the molecule is O=C(NC1CCC(OC(=O)[C@H]2Cc3ccccc3O2)CC1)[C@H]1Cc2ccccc2O1. The summed E-state index contributed by atoms with van der Waals surface area (Å²) < 4.78 is 17.2. The molecule has 2 aromatic carbocycles. The van der Waals surface area contributed by atoms with Crippen molar-refractivity contribution < 1.29 is 23.8 Å². The summed E-state index contributed by atoms with van der Waals surface area (Å²) in [5, 5.41) is 3.11. The van der Waals surface area contributed by atoms with E-state index in [9.17, 15) is 9.59 Å². The number of benzene rings is 2. The monoisotopic (exact) mass is 407 g/mol. The molecule has 3 aliphatic rings. The molecule has 2 aromatic rings. The number of hydrogen-bond donors (Lipinski definition) is 1. The lowest BCUT2D eigenvalue weighted by Crippen LogP contribution is -2.45. The second-order valence-corrected chi connectivity index (χ2v) is 8.26. The predicted octanol–water partition coefficient (Wildman–Crippen LogP) is 2.96. The van der Waals surface area contributed by atoms with E-state index in [-0.39, 0.29) is 24.0 Å². The van der Waals surface area contributed by atoms with Crippen LogP contribution in [0.1, 0.15) is 36.8 Å². The Balaban J connectivity index is 1.06. The first-order valence-corrected chi connectivity index (χ1v) is 10.7. The average Bonchev–Trinajstić information content (AvgIpc) is 3.39. The number of carbonyl (C=O) groups is 2. The summed E-state index contributed by atoms with van der Waals surface area (Å²) >= 11 is 0. The standard InChI is InChI=1S/C24H25NO5/c26-23(21-13-15-5-1-3-7-19(15)29-21)25-17-9-11-18(12-10-17)28-24(27)22-14-16-6-2-4-8-20(16)30-22/h1-8,17-18,21-22H,9-14H2,(H,25,26)/t17?,18?,21-,22-/m1/s1. The van der Waals surface area contributed by atoms with Gasteiger partial charge in [0.05, 0.1) is 0 Å². The topological polar surface area (TPSA) is 73.9 Å². The first-order chi connectivity index (χ1) is 14.7. The van der Waals surface area contributed by atoms with Crippen molar-refractivity contribution >= 4 is 11.9 Å². The van der Waals surface area contributed by atoms with E-state index in [4.69, 9.17) is 14.2 Å². The number of rotatable bonds is 4. The second-order valence-electron chi connectivity index (χ2n) is 8.26. The molecule has 0 unspecified atom stereocenters. The van der Waals surface area contributed by atoms with Gasteiger partial charge in [0, 0.05) is 18.9 Å². The van der Waals surface area contributed by atoms with Crippen molar-refractivity contribution in [2.24, 2.45) is 0 Å². The van der Waals surface area contributed by atoms with Crippen LogP contribution in [0.4, 0.5) is 0 Å². The van der Waals surface area contributed by atoms with Crippen LogP contribution in [0.15, 0.2) is 48.5 Å². The molecule has 0 bridgehead atoms. The second kappa shape index (κ2) is 8.01. The van der Waals surface area contributed by atoms with E-state index in [2.05, 4.69) is 5.32 Å². The van der Waals surface area contributed by atoms with Crippen LogP contribution in [0, 0.1) is 0 Å². The molecule has 6 heteroatoms. The van der Waals surface area contributed by atoms with Crippen LogP contribution in [0.25, 0.3) is 0 Å². The van der Waals surface area contributed by atoms with E-state index in [0.29, 0.717) is 12.8 Å². The highest BCUT2D eigenvalue weighted by Gasteiger charge is 2.34. The van der Waals surface area contributed by atoms with Gasteiger partial charge < -0.3 is 19.5 Å². The lowest BCUT2D eigenvalue weighted by atomic mass is 9.92. The highest BCUT2D eigenvalue weighted by Crippen LogP contribution is 2.31. The maximum atomic E-state index is 12.6. The van der Waals surface area contributed by atoms with Gasteiger partial charge in [0.15, 0.2) is 12.2 Å². The molecule has 1 saturated carbocycles. The van der Waals surface area contributed by atoms with E-state index in [0.717, 1.165) is 48.3 Å². The van der Waals surface area contributed by atoms with Crippen molar-refractivity contribution in [1.29, 1.82) is 0 Å². The van der Waals surface area contributed by atoms with Crippen molar-refractivity contribution in [2.75, 3.05) is 0 Å². The van der Waals surface area contributed by atoms with Crippen LogP contribution in [-0.4, -0.2) is 36.2 Å². The number of esters is 1. The summed E-state index contributed by atoms with van der Waals surface area (Å²) in [5.74, 6) is 1.20. The van der Waals surface area contributed by atoms with E-state index in [1.54, 1.807) is 0 Å². The maximum absolute atomic E-state index is 12.6. The Morgan fingerprint density at radius 3 is 2.00 bits per heavy atom. The molecule has 156 valence electrons. The molecule has 1 fully saturated rings. The summed E-state index contributed by atoms with van der Waals surface area (Å²) in [6.07, 6.45) is 3.09. The molecule has 2 heterocycles. The number of carbonyl (C=O) groups excluding carboxylic acids is 2. The number of ether oxygens (including phenoxy) is 3. The Morgan fingerprint density at radius 1 is 0.800 bits per heavy atom. The van der Waals surface area contributed by atoms with Gasteiger partial charge in [-0.3, -0.25) is 4.79 Å². The number of para-hydroxylation sites is 2. The minimum atomic E-state index is -0.555. The molecule has 1 amide bonds. The van der Waals surface area contributed by atoms with E-state index in [1.807, 2.05) is 48.5 Å². The molecule has 30 heavy (non-hydrogen) atoms. The minimum Gasteiger partial charge on any atom is -0.480 e. The highest BCUT2D eigenvalue weighted by atomic mass is 16.6. The van der Waals surface area contributed by atoms with Crippen LogP contribution < -0.4 is 14.8 Å². The van der Waals surface area contributed by atoms with E-state index < -0.39 is 12.2 Å². The molecule has 0 radical (unpaired) electrons. The van der Waals surface area contributed by atoms with Crippen molar-refractivity contribution in [3.63, 3.8) is 0 Å². The van der Waals surface area contributed by atoms with Crippen molar-refractivity contribution in [1.82, 2.24) is 5.32 Å². The fourth-order valence-electron chi connectivity index (χ4n) is 4.50. The van der Waals surface area contributed by atoms with Gasteiger partial charge in [-0.05, 0) is 48.9 Å². The fourth-order valence-corrected chi connectivity index (χ4v) is 4.50. The van der Waals surface area contributed by atoms with Crippen LogP contribution in [0.2, 0.25) is 0 Å². The molecule has 0 saturated heterocycles. The molecule has 2 aliphatic heterocycles. The Hall–Kier alpha value is -3.02. The van der Waals surface area contributed by atoms with Gasteiger partial charge in [0.25, 0.3) is 5.91 Å². The highest BCUT2D eigenvalue weighted by molar-refractivity contribution is 5.82. The molecule has 5 rings (SSSR count). The Bertz CT molecular complexity index is 823. The molecule has 1 N–H and O–H groups in total. The molecule has 2 atom stereocenters. The normalized spacial score (nSPS) is 26.7. The number of fused-ring (bicyclic) bond motifs is 2. The molecular formula is C24H25NO5. The zero-order valence-electron chi connectivity index (χ0n) is 16.7. The van der Waals surface area contributed by atoms with Gasteiger partial charge >= 0.3 is 5.97 Å². The summed E-state index contributed by atoms with van der Waals surface area (Å²) in [6, 6.07) is 15.6. The molecular weight excluding hydrogens is 382 g/mol. The lowest BCUT2D eigenvalue weighted by Gasteiger charge is -2.30. The zero-order valence-corrected chi connectivity index (χ0v) is 16.7. The van der Waals surface area contributed by atoms with Crippen molar-refractivity contribution in [2.45, 2.75) is 62.9 Å². The fraction of sp³-hybridized carbons (Fsp3) is 0.417. The number of hydrogen-bond acceptors (Lipinski definition) is 5. The Kier molecular flexibility index (Phi) is 5.07. The molecule has 0 aromatic heterocycles. The van der Waals surface area contributed by atoms with Crippen LogP contribution in [0.3, 0.4) is 0 Å².